The fraction of sp³-hybridized carbons (Fsp3) is 0.737. The normalized spacial score (nSPS) is 22.1. The van der Waals surface area contributed by atoms with Gasteiger partial charge in [-0.1, -0.05) is 12.8 Å². The molecule has 1 aromatic rings. The van der Waals surface area contributed by atoms with Crippen molar-refractivity contribution in [2.75, 3.05) is 62.3 Å². The van der Waals surface area contributed by atoms with Crippen LogP contribution in [0.15, 0.2) is 12.3 Å². The summed E-state index contributed by atoms with van der Waals surface area (Å²) < 4.78 is 5.40. The zero-order valence-corrected chi connectivity index (χ0v) is 15.5. The van der Waals surface area contributed by atoms with Gasteiger partial charge in [0.1, 0.15) is 5.82 Å². The maximum absolute atomic E-state index is 12.5. The SMILES string of the molecule is O=C(CC1CCCC1)N1CCN(c2ccnc(N3CCOCC3)n2)CC1. The Morgan fingerprint density at radius 2 is 1.77 bits per heavy atom. The van der Waals surface area contributed by atoms with Crippen LogP contribution in [-0.4, -0.2) is 73.3 Å². The molecule has 1 saturated carbocycles. The molecule has 1 aliphatic carbocycles. The van der Waals surface area contributed by atoms with Gasteiger partial charge in [-0.3, -0.25) is 4.79 Å². The van der Waals surface area contributed by atoms with Crippen LogP contribution < -0.4 is 9.80 Å². The number of hydrogen-bond acceptors (Lipinski definition) is 6. The van der Waals surface area contributed by atoms with Crippen molar-refractivity contribution in [3.8, 4) is 0 Å². The van der Waals surface area contributed by atoms with Crippen LogP contribution in [0.1, 0.15) is 32.1 Å². The summed E-state index contributed by atoms with van der Waals surface area (Å²) in [6, 6.07) is 1.97. The Labute approximate surface area is 155 Å². The number of rotatable bonds is 4. The Bertz CT molecular complexity index is 606. The maximum atomic E-state index is 12.5. The molecule has 7 heteroatoms. The fourth-order valence-electron chi connectivity index (χ4n) is 4.21. The molecule has 7 nitrogen and oxygen atoms in total. The fourth-order valence-corrected chi connectivity index (χ4v) is 4.21. The van der Waals surface area contributed by atoms with Gasteiger partial charge in [0.05, 0.1) is 13.2 Å². The van der Waals surface area contributed by atoms with E-state index < -0.39 is 0 Å². The molecule has 4 rings (SSSR count). The summed E-state index contributed by atoms with van der Waals surface area (Å²) >= 11 is 0. The van der Waals surface area contributed by atoms with Gasteiger partial charge in [0.25, 0.3) is 0 Å². The molecule has 0 radical (unpaired) electrons. The zero-order valence-electron chi connectivity index (χ0n) is 15.5. The first kappa shape index (κ1) is 17.5. The minimum Gasteiger partial charge on any atom is -0.378 e. The van der Waals surface area contributed by atoms with E-state index in [-0.39, 0.29) is 0 Å². The summed E-state index contributed by atoms with van der Waals surface area (Å²) in [5.74, 6) is 2.71. The molecule has 0 N–H and O–H groups in total. The third-order valence-electron chi connectivity index (χ3n) is 5.82. The second kappa shape index (κ2) is 8.20. The Morgan fingerprint density at radius 3 is 2.50 bits per heavy atom. The number of ether oxygens (including phenoxy) is 1. The lowest BCUT2D eigenvalue weighted by molar-refractivity contribution is -0.132. The molecule has 2 aliphatic heterocycles. The second-order valence-corrected chi connectivity index (χ2v) is 7.54. The van der Waals surface area contributed by atoms with Crippen LogP contribution >= 0.6 is 0 Å². The third kappa shape index (κ3) is 4.09. The first-order valence-electron chi connectivity index (χ1n) is 9.98. The van der Waals surface area contributed by atoms with Gasteiger partial charge in [-0.15, -0.1) is 0 Å². The Morgan fingerprint density at radius 1 is 1.04 bits per heavy atom. The zero-order chi connectivity index (χ0) is 17.8. The van der Waals surface area contributed by atoms with Crippen molar-refractivity contribution in [3.63, 3.8) is 0 Å². The standard InChI is InChI=1S/C19H29N5O2/c25-18(15-16-3-1-2-4-16)23-9-7-22(8-10-23)17-5-6-20-19(21-17)24-11-13-26-14-12-24/h5-6,16H,1-4,7-15H2. The quantitative estimate of drug-likeness (QED) is 0.813. The number of amides is 1. The molecule has 0 aromatic carbocycles. The summed E-state index contributed by atoms with van der Waals surface area (Å²) in [6.07, 6.45) is 7.64. The van der Waals surface area contributed by atoms with Crippen molar-refractivity contribution in [3.05, 3.63) is 12.3 Å². The van der Waals surface area contributed by atoms with Crippen molar-refractivity contribution >= 4 is 17.7 Å². The largest absolute Gasteiger partial charge is 0.378 e. The molecule has 0 unspecified atom stereocenters. The van der Waals surface area contributed by atoms with E-state index in [2.05, 4.69) is 14.8 Å². The van der Waals surface area contributed by atoms with Gasteiger partial charge in [-0.2, -0.15) is 4.98 Å². The molecule has 0 spiro atoms. The maximum Gasteiger partial charge on any atom is 0.227 e. The van der Waals surface area contributed by atoms with E-state index >= 15 is 0 Å². The molecule has 26 heavy (non-hydrogen) atoms. The smallest absolute Gasteiger partial charge is 0.227 e. The highest BCUT2D eigenvalue weighted by molar-refractivity contribution is 5.76. The molecule has 1 aromatic heterocycles. The average Bonchev–Trinajstić information content (AvgIpc) is 3.22. The van der Waals surface area contributed by atoms with Gasteiger partial charge >= 0.3 is 0 Å². The molecule has 3 heterocycles. The van der Waals surface area contributed by atoms with E-state index in [0.717, 1.165) is 70.7 Å². The van der Waals surface area contributed by atoms with Crippen LogP contribution in [0.5, 0.6) is 0 Å². The Hall–Kier alpha value is -1.89. The van der Waals surface area contributed by atoms with Gasteiger partial charge in [0, 0.05) is 51.9 Å². The lowest BCUT2D eigenvalue weighted by Gasteiger charge is -2.36. The predicted molar refractivity (Wildman–Crippen MR) is 100 cm³/mol. The Balaban J connectivity index is 1.32. The number of hydrogen-bond donors (Lipinski definition) is 0. The van der Waals surface area contributed by atoms with Crippen molar-refractivity contribution in [1.82, 2.24) is 14.9 Å². The topological polar surface area (TPSA) is 61.8 Å². The first-order chi connectivity index (χ1) is 12.8. The Kier molecular flexibility index (Phi) is 5.53. The summed E-state index contributed by atoms with van der Waals surface area (Å²) in [5, 5.41) is 0. The van der Waals surface area contributed by atoms with E-state index in [1.54, 1.807) is 0 Å². The van der Waals surface area contributed by atoms with Crippen LogP contribution in [0.3, 0.4) is 0 Å². The van der Waals surface area contributed by atoms with E-state index in [0.29, 0.717) is 11.8 Å². The van der Waals surface area contributed by atoms with E-state index in [1.807, 2.05) is 17.2 Å². The number of piperazine rings is 1. The molecule has 3 fully saturated rings. The van der Waals surface area contributed by atoms with Crippen LogP contribution in [0.25, 0.3) is 0 Å². The van der Waals surface area contributed by atoms with Crippen LogP contribution in [0.4, 0.5) is 11.8 Å². The summed E-state index contributed by atoms with van der Waals surface area (Å²) in [4.78, 5) is 28.2. The van der Waals surface area contributed by atoms with E-state index in [9.17, 15) is 4.79 Å². The second-order valence-electron chi connectivity index (χ2n) is 7.54. The molecule has 1 amide bonds. The lowest BCUT2D eigenvalue weighted by Crippen LogP contribution is -2.49. The van der Waals surface area contributed by atoms with Crippen molar-refractivity contribution in [2.24, 2.45) is 5.92 Å². The summed E-state index contributed by atoms with van der Waals surface area (Å²) in [5.41, 5.74) is 0. The van der Waals surface area contributed by atoms with E-state index in [4.69, 9.17) is 9.72 Å². The lowest BCUT2D eigenvalue weighted by atomic mass is 10.0. The van der Waals surface area contributed by atoms with Gasteiger partial charge in [-0.05, 0) is 24.8 Å². The summed E-state index contributed by atoms with van der Waals surface area (Å²) in [7, 11) is 0. The highest BCUT2D eigenvalue weighted by atomic mass is 16.5. The summed E-state index contributed by atoms with van der Waals surface area (Å²) in [6.45, 7) is 6.42. The van der Waals surface area contributed by atoms with Gasteiger partial charge < -0.3 is 19.4 Å². The number of nitrogens with zero attached hydrogens (tertiary/aromatic N) is 5. The number of aromatic nitrogens is 2. The van der Waals surface area contributed by atoms with Gasteiger partial charge in [0.15, 0.2) is 0 Å². The average molecular weight is 359 g/mol. The highest BCUT2D eigenvalue weighted by Gasteiger charge is 2.26. The number of morpholine rings is 1. The highest BCUT2D eigenvalue weighted by Crippen LogP contribution is 2.28. The molecule has 0 bridgehead atoms. The predicted octanol–water partition coefficient (Wildman–Crippen LogP) is 1.54. The van der Waals surface area contributed by atoms with Crippen LogP contribution in [0, 0.1) is 5.92 Å². The molecular weight excluding hydrogens is 330 g/mol. The molecule has 142 valence electrons. The van der Waals surface area contributed by atoms with Crippen molar-refractivity contribution in [2.45, 2.75) is 32.1 Å². The van der Waals surface area contributed by atoms with E-state index in [1.165, 1.54) is 25.7 Å². The van der Waals surface area contributed by atoms with Gasteiger partial charge in [0.2, 0.25) is 11.9 Å². The third-order valence-corrected chi connectivity index (χ3v) is 5.82. The number of carbonyl (C=O) groups excluding carboxylic acids is 1. The van der Waals surface area contributed by atoms with Crippen molar-refractivity contribution in [1.29, 1.82) is 0 Å². The number of anilines is 2. The minimum atomic E-state index is 0.341. The number of carbonyl (C=O) groups is 1. The molecule has 3 aliphatic rings. The monoisotopic (exact) mass is 359 g/mol. The molecular formula is C19H29N5O2. The molecule has 2 saturated heterocycles. The van der Waals surface area contributed by atoms with Crippen molar-refractivity contribution < 1.29 is 9.53 Å². The minimum absolute atomic E-state index is 0.341. The van der Waals surface area contributed by atoms with Crippen LogP contribution in [0.2, 0.25) is 0 Å². The molecule has 0 atom stereocenters. The van der Waals surface area contributed by atoms with Gasteiger partial charge in [-0.25, -0.2) is 4.98 Å². The van der Waals surface area contributed by atoms with Crippen LogP contribution in [-0.2, 0) is 9.53 Å². The first-order valence-corrected chi connectivity index (χ1v) is 9.98.